The Morgan fingerprint density at radius 2 is 2.05 bits per heavy atom. The maximum absolute atomic E-state index is 10.8. The summed E-state index contributed by atoms with van der Waals surface area (Å²) in [7, 11) is 0. The first-order valence-electron chi connectivity index (χ1n) is 5.56. The predicted molar refractivity (Wildman–Crippen MR) is 76.1 cm³/mol. The molecule has 0 aliphatic carbocycles. The number of nitro groups is 1. The molecule has 0 saturated heterocycles. The molecule has 1 N–H and O–H groups in total. The number of halogens is 1. The van der Waals surface area contributed by atoms with Crippen molar-refractivity contribution in [2.45, 2.75) is 10.2 Å². The molecule has 0 amide bonds. The van der Waals surface area contributed by atoms with Crippen molar-refractivity contribution in [2.24, 2.45) is 0 Å². The summed E-state index contributed by atoms with van der Waals surface area (Å²) < 4.78 is 0. The second kappa shape index (κ2) is 5.10. The third kappa shape index (κ3) is 2.59. The average molecular weight is 307 g/mol. The first-order valence-corrected chi connectivity index (χ1v) is 6.76. The minimum Gasteiger partial charge on any atom is -0.333 e. The molecule has 0 fully saturated rings. The van der Waals surface area contributed by atoms with E-state index in [1.54, 1.807) is 0 Å². The summed E-state index contributed by atoms with van der Waals surface area (Å²) in [6.45, 7) is 0. The van der Waals surface area contributed by atoms with E-state index in [9.17, 15) is 10.1 Å². The molecule has 2 aromatic heterocycles. The molecule has 20 heavy (non-hydrogen) atoms. The molecule has 0 atom stereocenters. The Hall–Kier alpha value is -2.12. The molecule has 0 spiro atoms. The molecule has 3 aromatic rings. The Morgan fingerprint density at radius 1 is 1.25 bits per heavy atom. The first-order chi connectivity index (χ1) is 9.61. The number of rotatable bonds is 3. The van der Waals surface area contributed by atoms with Crippen LogP contribution < -0.4 is 0 Å². The van der Waals surface area contributed by atoms with Crippen LogP contribution in [0.4, 0.5) is 5.69 Å². The van der Waals surface area contributed by atoms with Gasteiger partial charge in [-0.2, -0.15) is 0 Å². The van der Waals surface area contributed by atoms with Crippen LogP contribution >= 0.6 is 23.4 Å². The van der Waals surface area contributed by atoms with E-state index in [1.807, 2.05) is 24.3 Å². The van der Waals surface area contributed by atoms with Crippen LogP contribution in [0, 0.1) is 10.1 Å². The largest absolute Gasteiger partial charge is 0.333 e. The van der Waals surface area contributed by atoms with Crippen LogP contribution in [0.2, 0.25) is 5.15 Å². The lowest BCUT2D eigenvalue weighted by atomic mass is 10.3. The number of imidazole rings is 1. The number of nitrogens with zero attached hydrogens (tertiary/aromatic N) is 3. The summed E-state index contributed by atoms with van der Waals surface area (Å²) >= 11 is 6.97. The minimum atomic E-state index is -0.504. The van der Waals surface area contributed by atoms with Gasteiger partial charge in [-0.25, -0.2) is 9.97 Å². The summed E-state index contributed by atoms with van der Waals surface area (Å²) in [4.78, 5) is 21.8. The van der Waals surface area contributed by atoms with Crippen LogP contribution in [0.5, 0.6) is 0 Å². The zero-order valence-electron chi connectivity index (χ0n) is 9.91. The monoisotopic (exact) mass is 306 g/mol. The smallest absolute Gasteiger partial charge is 0.275 e. The highest BCUT2D eigenvalue weighted by molar-refractivity contribution is 7.99. The van der Waals surface area contributed by atoms with Gasteiger partial charge in [0.1, 0.15) is 10.2 Å². The lowest BCUT2D eigenvalue weighted by Gasteiger charge is -1.98. The lowest BCUT2D eigenvalue weighted by Crippen LogP contribution is -1.91. The van der Waals surface area contributed by atoms with E-state index in [2.05, 4.69) is 15.0 Å². The third-order valence-corrected chi connectivity index (χ3v) is 3.53. The molecule has 0 saturated carbocycles. The summed E-state index contributed by atoms with van der Waals surface area (Å²) in [6, 6.07) is 10.1. The normalized spacial score (nSPS) is 10.8. The molecule has 2 heterocycles. The number of pyridine rings is 1. The Balaban J connectivity index is 1.96. The summed E-state index contributed by atoms with van der Waals surface area (Å²) in [5.74, 6) is 0. The van der Waals surface area contributed by atoms with Crippen LogP contribution in [-0.4, -0.2) is 19.9 Å². The fourth-order valence-corrected chi connectivity index (χ4v) is 2.77. The molecular formula is C12H7ClN4O2S. The molecule has 0 bridgehead atoms. The zero-order valence-corrected chi connectivity index (χ0v) is 11.5. The van der Waals surface area contributed by atoms with E-state index >= 15 is 0 Å². The zero-order chi connectivity index (χ0) is 14.1. The van der Waals surface area contributed by atoms with Crippen LogP contribution in [0.25, 0.3) is 11.0 Å². The van der Waals surface area contributed by atoms with Gasteiger partial charge in [-0.15, -0.1) is 0 Å². The molecule has 6 nitrogen and oxygen atoms in total. The number of hydrogen-bond donors (Lipinski definition) is 1. The van der Waals surface area contributed by atoms with Gasteiger partial charge in [0, 0.05) is 6.07 Å². The van der Waals surface area contributed by atoms with Crippen molar-refractivity contribution in [3.8, 4) is 0 Å². The van der Waals surface area contributed by atoms with Crippen LogP contribution in [0.1, 0.15) is 0 Å². The molecular weight excluding hydrogens is 300 g/mol. The number of hydrogen-bond acceptors (Lipinski definition) is 5. The van der Waals surface area contributed by atoms with Gasteiger partial charge < -0.3 is 4.98 Å². The van der Waals surface area contributed by atoms with Gasteiger partial charge in [0.25, 0.3) is 5.69 Å². The minimum absolute atomic E-state index is 0.0813. The second-order valence-corrected chi connectivity index (χ2v) is 5.30. The maximum Gasteiger partial charge on any atom is 0.275 e. The molecule has 0 aliphatic rings. The van der Waals surface area contributed by atoms with Gasteiger partial charge in [-0.3, -0.25) is 10.1 Å². The SMILES string of the molecule is O=[N+]([O-])c1cc(Cl)nc(Sc2nc3ccccc3[nH]2)c1. The molecule has 0 unspecified atom stereocenters. The highest BCUT2D eigenvalue weighted by Gasteiger charge is 2.12. The van der Waals surface area contributed by atoms with Crippen molar-refractivity contribution in [3.05, 3.63) is 51.7 Å². The van der Waals surface area contributed by atoms with Crippen LogP contribution in [0.15, 0.2) is 46.6 Å². The van der Waals surface area contributed by atoms with Gasteiger partial charge in [0.15, 0.2) is 5.16 Å². The highest BCUT2D eigenvalue weighted by Crippen LogP contribution is 2.29. The predicted octanol–water partition coefficient (Wildman–Crippen LogP) is 3.67. The van der Waals surface area contributed by atoms with E-state index < -0.39 is 4.92 Å². The van der Waals surface area contributed by atoms with Crippen molar-refractivity contribution in [2.75, 3.05) is 0 Å². The number of aromatic nitrogens is 3. The molecule has 3 rings (SSSR count). The quantitative estimate of drug-likeness (QED) is 0.453. The van der Waals surface area contributed by atoms with Crippen molar-refractivity contribution in [3.63, 3.8) is 0 Å². The third-order valence-electron chi connectivity index (χ3n) is 2.54. The van der Waals surface area contributed by atoms with Crippen molar-refractivity contribution in [1.82, 2.24) is 15.0 Å². The number of fused-ring (bicyclic) bond motifs is 1. The van der Waals surface area contributed by atoms with E-state index in [-0.39, 0.29) is 10.8 Å². The molecule has 0 radical (unpaired) electrons. The summed E-state index contributed by atoms with van der Waals surface area (Å²) in [5, 5.41) is 11.9. The van der Waals surface area contributed by atoms with Gasteiger partial charge in [-0.05, 0) is 23.9 Å². The first kappa shape index (κ1) is 12.9. The molecule has 8 heteroatoms. The second-order valence-electron chi connectivity index (χ2n) is 3.90. The van der Waals surface area contributed by atoms with Crippen molar-refractivity contribution < 1.29 is 4.92 Å². The number of H-pyrrole nitrogens is 1. The van der Waals surface area contributed by atoms with E-state index in [4.69, 9.17) is 11.6 Å². The van der Waals surface area contributed by atoms with Crippen LogP contribution in [-0.2, 0) is 0 Å². The fourth-order valence-electron chi connectivity index (χ4n) is 1.69. The Bertz CT molecular complexity index is 772. The fraction of sp³-hybridized carbons (Fsp3) is 0. The number of benzene rings is 1. The molecule has 100 valence electrons. The standard InChI is InChI=1S/C12H7ClN4O2S/c13-10-5-7(17(18)19)6-11(16-10)20-12-14-8-3-1-2-4-9(8)15-12/h1-6H,(H,14,15). The van der Waals surface area contributed by atoms with Gasteiger partial charge in [-0.1, -0.05) is 23.7 Å². The van der Waals surface area contributed by atoms with E-state index in [1.165, 1.54) is 23.9 Å². The van der Waals surface area contributed by atoms with E-state index in [0.717, 1.165) is 11.0 Å². The van der Waals surface area contributed by atoms with Crippen molar-refractivity contribution >= 4 is 40.1 Å². The summed E-state index contributed by atoms with van der Waals surface area (Å²) in [6.07, 6.45) is 0. The van der Waals surface area contributed by atoms with Gasteiger partial charge in [0.2, 0.25) is 0 Å². The van der Waals surface area contributed by atoms with Gasteiger partial charge in [0.05, 0.1) is 22.0 Å². The molecule has 1 aromatic carbocycles. The maximum atomic E-state index is 10.8. The van der Waals surface area contributed by atoms with E-state index in [0.29, 0.717) is 10.2 Å². The Kier molecular flexibility index (Phi) is 3.29. The number of para-hydroxylation sites is 2. The summed E-state index contributed by atoms with van der Waals surface area (Å²) in [5.41, 5.74) is 1.63. The number of aromatic amines is 1. The Labute approximate surface area is 122 Å². The number of nitrogens with one attached hydrogen (secondary N) is 1. The average Bonchev–Trinajstić information content (AvgIpc) is 2.79. The van der Waals surface area contributed by atoms with Gasteiger partial charge >= 0.3 is 0 Å². The Morgan fingerprint density at radius 3 is 2.80 bits per heavy atom. The highest BCUT2D eigenvalue weighted by atomic mass is 35.5. The van der Waals surface area contributed by atoms with Crippen molar-refractivity contribution in [1.29, 1.82) is 0 Å². The van der Waals surface area contributed by atoms with Crippen LogP contribution in [0.3, 0.4) is 0 Å². The molecule has 0 aliphatic heterocycles. The topological polar surface area (TPSA) is 84.7 Å². The lowest BCUT2D eigenvalue weighted by molar-refractivity contribution is -0.385.